The molecule has 0 unspecified atom stereocenters. The Morgan fingerprint density at radius 1 is 1.15 bits per heavy atom. The normalized spacial score (nSPS) is 29.7. The number of aryl methyl sites for hydroxylation is 1. The van der Waals surface area contributed by atoms with E-state index in [1.165, 1.54) is 27.4 Å². The van der Waals surface area contributed by atoms with Gasteiger partial charge in [-0.3, -0.25) is 14.4 Å². The highest BCUT2D eigenvalue weighted by Crippen LogP contribution is 2.61. The predicted molar refractivity (Wildman–Crippen MR) is 101 cm³/mol. The average Bonchev–Trinajstić information content (AvgIpc) is 3.27. The van der Waals surface area contributed by atoms with Crippen LogP contribution in [-0.2, 0) is 16.0 Å². The second kappa shape index (κ2) is 5.78. The number of rotatable bonds is 3. The van der Waals surface area contributed by atoms with Crippen molar-refractivity contribution in [3.05, 3.63) is 27.2 Å². The summed E-state index contributed by atoms with van der Waals surface area (Å²) in [4.78, 5) is 40.9. The molecule has 6 heteroatoms. The van der Waals surface area contributed by atoms with Crippen molar-refractivity contribution in [3.8, 4) is 0 Å². The van der Waals surface area contributed by atoms with Gasteiger partial charge in [0, 0.05) is 4.88 Å². The first kappa shape index (κ1) is 17.5. The lowest BCUT2D eigenvalue weighted by Gasteiger charge is -2.18. The summed E-state index contributed by atoms with van der Waals surface area (Å²) in [5.41, 5.74) is 9.40. The van der Waals surface area contributed by atoms with Gasteiger partial charge in [-0.05, 0) is 57.4 Å². The minimum absolute atomic E-state index is 0.141. The maximum atomic E-state index is 13.3. The molecule has 4 rings (SSSR count). The summed E-state index contributed by atoms with van der Waals surface area (Å²) in [5.74, 6) is -1.01. The Kier molecular flexibility index (Phi) is 3.88. The maximum Gasteiger partial charge on any atom is 0.252 e. The molecule has 1 saturated heterocycles. The Balaban J connectivity index is 1.82. The quantitative estimate of drug-likeness (QED) is 0.653. The fraction of sp³-hybridized carbons (Fsp3) is 0.550. The van der Waals surface area contributed by atoms with E-state index in [1.807, 2.05) is 13.8 Å². The number of hydrogen-bond acceptors (Lipinski definition) is 4. The number of nitrogens with two attached hydrogens (primary N) is 1. The fourth-order valence-electron chi connectivity index (χ4n) is 5.59. The summed E-state index contributed by atoms with van der Waals surface area (Å²) >= 11 is 1.34. The highest BCUT2D eigenvalue weighted by Gasteiger charge is 2.64. The molecule has 2 saturated carbocycles. The summed E-state index contributed by atoms with van der Waals surface area (Å²) in [7, 11) is 0. The summed E-state index contributed by atoms with van der Waals surface area (Å²) in [6.07, 6.45) is 2.61. The number of allylic oxidation sites excluding steroid dienone is 2. The average molecular weight is 372 g/mol. The Morgan fingerprint density at radius 2 is 1.69 bits per heavy atom. The largest absolute Gasteiger partial charge is 0.365 e. The van der Waals surface area contributed by atoms with Gasteiger partial charge in [-0.25, -0.2) is 4.90 Å². The SMILES string of the molecule is CCc1c(C)sc(N2C(=O)[C@@H]3[C@@H](C2=O)[C@@H]2CC[C@@H]3C2=C(C)C)c1C(N)=O. The first-order valence-electron chi connectivity index (χ1n) is 9.26. The fourth-order valence-corrected chi connectivity index (χ4v) is 6.85. The zero-order valence-corrected chi connectivity index (χ0v) is 16.4. The van der Waals surface area contributed by atoms with Gasteiger partial charge in [0.2, 0.25) is 11.8 Å². The van der Waals surface area contributed by atoms with E-state index in [0.29, 0.717) is 17.0 Å². The molecule has 2 heterocycles. The molecule has 0 aromatic carbocycles. The van der Waals surface area contributed by atoms with E-state index in [1.54, 1.807) is 0 Å². The van der Waals surface area contributed by atoms with E-state index in [0.717, 1.165) is 23.3 Å². The number of thiophene rings is 1. The van der Waals surface area contributed by atoms with Gasteiger partial charge in [-0.2, -0.15) is 0 Å². The molecule has 3 fully saturated rings. The standard InChI is InChI=1S/C20H24N2O3S/c1-5-10-9(4)26-20(16(10)17(21)23)22-18(24)14-11-6-7-12(13(11)8(2)3)15(14)19(22)25/h11-12,14-15H,5-7H2,1-4H3,(H2,21,23)/t11-,12-,14+,15+/m1/s1. The summed E-state index contributed by atoms with van der Waals surface area (Å²) in [6, 6.07) is 0. The second-order valence-corrected chi connectivity index (χ2v) is 9.05. The van der Waals surface area contributed by atoms with Crippen molar-refractivity contribution in [2.75, 3.05) is 4.90 Å². The van der Waals surface area contributed by atoms with Gasteiger partial charge in [-0.15, -0.1) is 11.3 Å². The molecule has 1 aliphatic heterocycles. The van der Waals surface area contributed by atoms with Gasteiger partial charge in [0.1, 0.15) is 5.00 Å². The number of carbonyl (C=O) groups excluding carboxylic acids is 3. The third kappa shape index (κ3) is 2.05. The van der Waals surface area contributed by atoms with Crippen molar-refractivity contribution in [1.29, 1.82) is 0 Å². The van der Waals surface area contributed by atoms with Crippen LogP contribution < -0.4 is 10.6 Å². The minimum Gasteiger partial charge on any atom is -0.365 e. The highest BCUT2D eigenvalue weighted by molar-refractivity contribution is 7.17. The van der Waals surface area contributed by atoms with Gasteiger partial charge in [0.05, 0.1) is 17.4 Å². The number of carbonyl (C=O) groups is 3. The molecule has 0 radical (unpaired) electrons. The van der Waals surface area contributed by atoms with E-state index in [4.69, 9.17) is 5.73 Å². The van der Waals surface area contributed by atoms with Crippen molar-refractivity contribution in [1.82, 2.24) is 0 Å². The molecule has 2 aliphatic carbocycles. The Bertz CT molecular complexity index is 846. The molecule has 138 valence electrons. The second-order valence-electron chi connectivity index (χ2n) is 7.84. The summed E-state index contributed by atoms with van der Waals surface area (Å²) in [5, 5.41) is 0.439. The molecule has 0 spiro atoms. The number of imide groups is 1. The van der Waals surface area contributed by atoms with Gasteiger partial charge in [0.15, 0.2) is 0 Å². The zero-order chi connectivity index (χ0) is 18.9. The van der Waals surface area contributed by atoms with E-state index < -0.39 is 5.91 Å². The number of hydrogen-bond donors (Lipinski definition) is 1. The minimum atomic E-state index is -0.563. The van der Waals surface area contributed by atoms with Crippen LogP contribution in [0.15, 0.2) is 11.1 Å². The smallest absolute Gasteiger partial charge is 0.252 e. The summed E-state index contributed by atoms with van der Waals surface area (Å²) in [6.45, 7) is 8.02. The molecular weight excluding hydrogens is 348 g/mol. The van der Waals surface area contributed by atoms with Crippen molar-refractivity contribution < 1.29 is 14.4 Å². The lowest BCUT2D eigenvalue weighted by Crippen LogP contribution is -2.34. The van der Waals surface area contributed by atoms with Gasteiger partial charge >= 0.3 is 0 Å². The van der Waals surface area contributed by atoms with Crippen molar-refractivity contribution in [2.45, 2.75) is 47.0 Å². The van der Waals surface area contributed by atoms with Crippen LogP contribution in [0.25, 0.3) is 0 Å². The molecule has 1 aromatic rings. The van der Waals surface area contributed by atoms with Crippen LogP contribution in [-0.4, -0.2) is 17.7 Å². The molecule has 26 heavy (non-hydrogen) atoms. The molecule has 5 nitrogen and oxygen atoms in total. The molecule has 2 bridgehead atoms. The number of anilines is 1. The first-order chi connectivity index (χ1) is 12.3. The Morgan fingerprint density at radius 3 is 2.12 bits per heavy atom. The van der Waals surface area contributed by atoms with Gasteiger partial charge < -0.3 is 5.73 Å². The molecule has 4 atom stereocenters. The Hall–Kier alpha value is -1.95. The van der Waals surface area contributed by atoms with Crippen LogP contribution in [0, 0.1) is 30.6 Å². The van der Waals surface area contributed by atoms with Crippen molar-refractivity contribution >= 4 is 34.1 Å². The first-order valence-corrected chi connectivity index (χ1v) is 10.1. The third-order valence-electron chi connectivity index (χ3n) is 6.42. The lowest BCUT2D eigenvalue weighted by molar-refractivity contribution is -0.122. The molecule has 3 aliphatic rings. The van der Waals surface area contributed by atoms with Crippen LogP contribution in [0.2, 0.25) is 0 Å². The number of primary amides is 1. The van der Waals surface area contributed by atoms with Crippen molar-refractivity contribution in [2.24, 2.45) is 29.4 Å². The van der Waals surface area contributed by atoms with Crippen molar-refractivity contribution in [3.63, 3.8) is 0 Å². The lowest BCUT2D eigenvalue weighted by atomic mass is 9.81. The molecule has 3 amide bonds. The zero-order valence-electron chi connectivity index (χ0n) is 15.6. The number of fused-ring (bicyclic) bond motifs is 5. The molecular formula is C20H24N2O3S. The maximum absolute atomic E-state index is 13.3. The van der Waals surface area contributed by atoms with Crippen LogP contribution in [0.3, 0.4) is 0 Å². The predicted octanol–water partition coefficient (Wildman–Crippen LogP) is 3.20. The highest BCUT2D eigenvalue weighted by atomic mass is 32.1. The molecule has 1 aromatic heterocycles. The van der Waals surface area contributed by atoms with Gasteiger partial charge in [-0.1, -0.05) is 18.1 Å². The molecule has 2 N–H and O–H groups in total. The topological polar surface area (TPSA) is 80.5 Å². The summed E-state index contributed by atoms with van der Waals surface area (Å²) < 4.78 is 0. The van der Waals surface area contributed by atoms with E-state index in [-0.39, 0.29) is 35.5 Å². The number of amides is 3. The number of nitrogens with zero attached hydrogens (tertiary/aromatic N) is 1. The van der Waals surface area contributed by atoms with Crippen LogP contribution in [0.1, 0.15) is 54.4 Å². The monoisotopic (exact) mass is 372 g/mol. The van der Waals surface area contributed by atoms with Crippen LogP contribution in [0.5, 0.6) is 0 Å². The Labute approximate surface area is 157 Å². The third-order valence-corrected chi connectivity index (χ3v) is 7.56. The van der Waals surface area contributed by atoms with E-state index >= 15 is 0 Å². The van der Waals surface area contributed by atoms with Gasteiger partial charge in [0.25, 0.3) is 5.91 Å². The van der Waals surface area contributed by atoms with Crippen LogP contribution in [0.4, 0.5) is 5.00 Å². The van der Waals surface area contributed by atoms with E-state index in [2.05, 4.69) is 13.8 Å². The van der Waals surface area contributed by atoms with Crippen LogP contribution >= 0.6 is 11.3 Å². The van der Waals surface area contributed by atoms with E-state index in [9.17, 15) is 14.4 Å².